The van der Waals surface area contributed by atoms with Crippen LogP contribution in [0.4, 0.5) is 16.2 Å². The van der Waals surface area contributed by atoms with E-state index in [0.29, 0.717) is 11.5 Å². The first kappa shape index (κ1) is 17.2. The molecule has 0 saturated carbocycles. The Morgan fingerprint density at radius 1 is 0.846 bits per heavy atom. The van der Waals surface area contributed by atoms with E-state index in [1.807, 2.05) is 84.9 Å². The van der Waals surface area contributed by atoms with E-state index in [1.54, 1.807) is 7.11 Å². The first-order valence-electron chi connectivity index (χ1n) is 8.16. The first-order valence-corrected chi connectivity index (χ1v) is 8.16. The van der Waals surface area contributed by atoms with Crippen molar-refractivity contribution < 1.29 is 9.53 Å². The molecule has 0 fully saturated rings. The molecule has 2 amide bonds. The van der Waals surface area contributed by atoms with Gasteiger partial charge in [-0.25, -0.2) is 9.79 Å². The molecule has 0 aliphatic heterocycles. The Bertz CT molecular complexity index is 876. The summed E-state index contributed by atoms with van der Waals surface area (Å²) in [7, 11) is 1.61. The molecule has 3 rings (SSSR count). The quantitative estimate of drug-likeness (QED) is 0.536. The Morgan fingerprint density at radius 3 is 2.08 bits per heavy atom. The van der Waals surface area contributed by atoms with Gasteiger partial charge >= 0.3 is 6.03 Å². The molecular weight excluding hydrogens is 326 g/mol. The summed E-state index contributed by atoms with van der Waals surface area (Å²) >= 11 is 0. The summed E-state index contributed by atoms with van der Waals surface area (Å²) in [5.74, 6) is 1.19. The van der Waals surface area contributed by atoms with Gasteiger partial charge in [-0.05, 0) is 48.5 Å². The number of rotatable bonds is 4. The van der Waals surface area contributed by atoms with Crippen molar-refractivity contribution in [3.05, 3.63) is 90.5 Å². The van der Waals surface area contributed by atoms with Gasteiger partial charge in [-0.15, -0.1) is 0 Å². The van der Waals surface area contributed by atoms with E-state index in [9.17, 15) is 4.79 Å². The number of hydrogen-bond donors (Lipinski definition) is 2. The van der Waals surface area contributed by atoms with Crippen LogP contribution in [0.1, 0.15) is 5.56 Å². The molecule has 3 aromatic carbocycles. The van der Waals surface area contributed by atoms with E-state index in [4.69, 9.17) is 4.74 Å². The number of hydrogen-bond acceptors (Lipinski definition) is 3. The second kappa shape index (κ2) is 8.48. The van der Waals surface area contributed by atoms with E-state index in [0.717, 1.165) is 17.0 Å². The Balaban J connectivity index is 1.85. The molecule has 5 heteroatoms. The van der Waals surface area contributed by atoms with Crippen molar-refractivity contribution >= 4 is 23.2 Å². The highest BCUT2D eigenvalue weighted by atomic mass is 16.5. The fourth-order valence-corrected chi connectivity index (χ4v) is 2.34. The van der Waals surface area contributed by atoms with Crippen LogP contribution in [0.25, 0.3) is 0 Å². The van der Waals surface area contributed by atoms with Crippen molar-refractivity contribution in [2.75, 3.05) is 12.4 Å². The topological polar surface area (TPSA) is 62.7 Å². The maximum absolute atomic E-state index is 12.4. The van der Waals surface area contributed by atoms with Gasteiger partial charge in [0.05, 0.1) is 12.8 Å². The minimum atomic E-state index is -0.360. The zero-order chi connectivity index (χ0) is 18.2. The number of carbonyl (C=O) groups is 1. The van der Waals surface area contributed by atoms with Gasteiger partial charge in [-0.1, -0.05) is 36.4 Å². The summed E-state index contributed by atoms with van der Waals surface area (Å²) in [6, 6.07) is 25.7. The lowest BCUT2D eigenvalue weighted by atomic mass is 10.2. The van der Waals surface area contributed by atoms with Gasteiger partial charge in [0.2, 0.25) is 0 Å². The number of carbonyl (C=O) groups excluding carboxylic acids is 1. The summed E-state index contributed by atoms with van der Waals surface area (Å²) in [4.78, 5) is 17.0. The Hall–Kier alpha value is -3.60. The normalized spacial score (nSPS) is 10.9. The molecule has 26 heavy (non-hydrogen) atoms. The molecule has 0 spiro atoms. The highest BCUT2D eigenvalue weighted by molar-refractivity contribution is 6.11. The fraction of sp³-hybridized carbons (Fsp3) is 0.0476. The van der Waals surface area contributed by atoms with Crippen LogP contribution in [0.2, 0.25) is 0 Å². The SMILES string of the molecule is COc1ccc(C(=Nc2ccccc2)NC(=O)Nc2ccccc2)cc1. The molecular formula is C21H19N3O2. The predicted molar refractivity (Wildman–Crippen MR) is 104 cm³/mol. The summed E-state index contributed by atoms with van der Waals surface area (Å²) in [5.41, 5.74) is 2.23. The zero-order valence-electron chi connectivity index (χ0n) is 14.3. The van der Waals surface area contributed by atoms with E-state index in [2.05, 4.69) is 15.6 Å². The number of methoxy groups -OCH3 is 1. The number of anilines is 1. The minimum Gasteiger partial charge on any atom is -0.497 e. The van der Waals surface area contributed by atoms with Crippen LogP contribution < -0.4 is 15.4 Å². The van der Waals surface area contributed by atoms with Gasteiger partial charge in [-0.2, -0.15) is 0 Å². The second-order valence-corrected chi connectivity index (χ2v) is 5.47. The van der Waals surface area contributed by atoms with Gasteiger partial charge in [0.15, 0.2) is 0 Å². The van der Waals surface area contributed by atoms with Gasteiger partial charge in [0, 0.05) is 11.3 Å². The average Bonchev–Trinajstić information content (AvgIpc) is 2.69. The molecule has 2 N–H and O–H groups in total. The molecule has 0 saturated heterocycles. The molecule has 0 aliphatic carbocycles. The Morgan fingerprint density at radius 2 is 1.46 bits per heavy atom. The summed E-state index contributed by atoms with van der Waals surface area (Å²) in [6.07, 6.45) is 0. The second-order valence-electron chi connectivity index (χ2n) is 5.47. The van der Waals surface area contributed by atoms with Crippen molar-refractivity contribution in [3.8, 4) is 5.75 Å². The smallest absolute Gasteiger partial charge is 0.324 e. The number of amidine groups is 1. The average molecular weight is 345 g/mol. The monoisotopic (exact) mass is 345 g/mol. The number of nitrogens with one attached hydrogen (secondary N) is 2. The zero-order valence-corrected chi connectivity index (χ0v) is 14.3. The first-order chi connectivity index (χ1) is 12.7. The number of amides is 2. The van der Waals surface area contributed by atoms with Crippen LogP contribution in [0, 0.1) is 0 Å². The van der Waals surface area contributed by atoms with Gasteiger partial charge in [0.25, 0.3) is 0 Å². The van der Waals surface area contributed by atoms with Crippen molar-refractivity contribution in [3.63, 3.8) is 0 Å². The predicted octanol–water partition coefficient (Wildman–Crippen LogP) is 4.60. The lowest BCUT2D eigenvalue weighted by Gasteiger charge is -2.11. The van der Waals surface area contributed by atoms with Crippen molar-refractivity contribution in [1.29, 1.82) is 0 Å². The minimum absolute atomic E-state index is 0.360. The molecule has 0 unspecified atom stereocenters. The van der Waals surface area contributed by atoms with Gasteiger partial charge < -0.3 is 10.1 Å². The summed E-state index contributed by atoms with van der Waals surface area (Å²) < 4.78 is 5.19. The molecule has 3 aromatic rings. The summed E-state index contributed by atoms with van der Waals surface area (Å²) in [6.45, 7) is 0. The lowest BCUT2D eigenvalue weighted by molar-refractivity contribution is 0.256. The number of ether oxygens (including phenoxy) is 1. The van der Waals surface area contributed by atoms with Crippen molar-refractivity contribution in [2.45, 2.75) is 0 Å². The van der Waals surface area contributed by atoms with Crippen molar-refractivity contribution in [2.24, 2.45) is 4.99 Å². The van der Waals surface area contributed by atoms with E-state index >= 15 is 0 Å². The van der Waals surface area contributed by atoms with Crippen LogP contribution in [-0.4, -0.2) is 19.0 Å². The maximum atomic E-state index is 12.4. The van der Waals surface area contributed by atoms with Crippen LogP contribution in [0.3, 0.4) is 0 Å². The molecule has 0 radical (unpaired) electrons. The number of para-hydroxylation sites is 2. The van der Waals surface area contributed by atoms with E-state index in [1.165, 1.54) is 0 Å². The molecule has 0 heterocycles. The Kier molecular flexibility index (Phi) is 5.62. The highest BCUT2D eigenvalue weighted by Crippen LogP contribution is 2.16. The van der Waals surface area contributed by atoms with Gasteiger partial charge in [-0.3, -0.25) is 5.32 Å². The maximum Gasteiger partial charge on any atom is 0.324 e. The molecule has 0 aromatic heterocycles. The number of benzene rings is 3. The third-order valence-electron chi connectivity index (χ3n) is 3.62. The van der Waals surface area contributed by atoms with Crippen LogP contribution in [0.15, 0.2) is 89.9 Å². The number of aliphatic imine (C=N–C) groups is 1. The molecule has 5 nitrogen and oxygen atoms in total. The standard InChI is InChI=1S/C21H19N3O2/c1-26-19-14-12-16(13-15-19)20(22-17-8-4-2-5-9-17)24-21(25)23-18-10-6-3-7-11-18/h2-15H,1H3,(H2,22,23,24,25). The number of nitrogens with zero attached hydrogens (tertiary/aromatic N) is 1. The fourth-order valence-electron chi connectivity index (χ4n) is 2.34. The van der Waals surface area contributed by atoms with Crippen LogP contribution in [-0.2, 0) is 0 Å². The molecule has 0 bridgehead atoms. The van der Waals surface area contributed by atoms with Crippen molar-refractivity contribution in [1.82, 2.24) is 5.32 Å². The third kappa shape index (κ3) is 4.70. The third-order valence-corrected chi connectivity index (χ3v) is 3.62. The molecule has 0 aliphatic rings. The highest BCUT2D eigenvalue weighted by Gasteiger charge is 2.09. The van der Waals surface area contributed by atoms with Crippen LogP contribution in [0.5, 0.6) is 5.75 Å². The lowest BCUT2D eigenvalue weighted by Crippen LogP contribution is -2.34. The largest absolute Gasteiger partial charge is 0.497 e. The van der Waals surface area contributed by atoms with E-state index < -0.39 is 0 Å². The molecule has 130 valence electrons. The van der Waals surface area contributed by atoms with Crippen LogP contribution >= 0.6 is 0 Å². The Labute approximate surface area is 152 Å². The van der Waals surface area contributed by atoms with E-state index in [-0.39, 0.29) is 6.03 Å². The van der Waals surface area contributed by atoms with Gasteiger partial charge in [0.1, 0.15) is 11.6 Å². The molecule has 0 atom stereocenters. The summed E-state index contributed by atoms with van der Waals surface area (Å²) in [5, 5.41) is 5.62. The number of urea groups is 1.